The smallest absolute Gasteiger partial charge is 0.423 e. The molecular weight excluding hydrogens is 175 g/mol. The Hall–Kier alpha value is -0.645. The number of benzene rings is 1. The predicted octanol–water partition coefficient (Wildman–Crippen LogP) is -0.896. The molecule has 0 amide bonds. The van der Waals surface area contributed by atoms with Crippen LogP contribution in [0.1, 0.15) is 0 Å². The minimum absolute atomic E-state index is 0.304. The summed E-state index contributed by atoms with van der Waals surface area (Å²) >= 11 is 0. The number of hydrogen-bond acceptors (Lipinski definition) is 3. The van der Waals surface area contributed by atoms with Gasteiger partial charge < -0.3 is 10.0 Å². The molecule has 0 unspecified atom stereocenters. The predicted molar refractivity (Wildman–Crippen MR) is 48.6 cm³/mol. The first-order chi connectivity index (χ1) is 5.63. The molecule has 1 aromatic rings. The van der Waals surface area contributed by atoms with Gasteiger partial charge in [0.05, 0.1) is 0 Å². The van der Waals surface area contributed by atoms with Crippen LogP contribution in [0.4, 0.5) is 0 Å². The minimum atomic E-state index is -1.55. The van der Waals surface area contributed by atoms with Gasteiger partial charge >= 0.3 is 7.12 Å². The van der Waals surface area contributed by atoms with E-state index in [0.29, 0.717) is 10.4 Å². The third kappa shape index (κ3) is 1.94. The fraction of sp³-hybridized carbons (Fsp3) is 0.143. The van der Waals surface area contributed by atoms with Crippen molar-refractivity contribution >= 4 is 23.4 Å². The van der Waals surface area contributed by atoms with E-state index in [1.54, 1.807) is 24.3 Å². The molecule has 0 aliphatic heterocycles. The molecule has 0 aliphatic rings. The molecule has 0 aromatic heterocycles. The van der Waals surface area contributed by atoms with Crippen molar-refractivity contribution in [3.8, 4) is 0 Å². The highest BCUT2D eigenvalue weighted by molar-refractivity contribution is 7.84. The zero-order chi connectivity index (χ0) is 9.14. The van der Waals surface area contributed by atoms with Gasteiger partial charge in [-0.2, -0.15) is 0 Å². The highest BCUT2D eigenvalue weighted by atomic mass is 32.2. The Balaban J connectivity index is 3.17. The van der Waals surface area contributed by atoms with Gasteiger partial charge in [0.25, 0.3) is 0 Å². The minimum Gasteiger partial charge on any atom is -0.423 e. The first-order valence-corrected chi connectivity index (χ1v) is 4.97. The summed E-state index contributed by atoms with van der Waals surface area (Å²) in [5, 5.41) is 17.7. The summed E-state index contributed by atoms with van der Waals surface area (Å²) in [5.74, 6) is 0. The molecule has 0 saturated heterocycles. The van der Waals surface area contributed by atoms with E-state index >= 15 is 0 Å². The molecule has 0 bridgehead atoms. The lowest BCUT2D eigenvalue weighted by Gasteiger charge is -2.04. The molecule has 0 spiro atoms. The molecule has 0 heterocycles. The van der Waals surface area contributed by atoms with Crippen molar-refractivity contribution < 1.29 is 14.3 Å². The molecule has 1 aromatic carbocycles. The normalized spacial score (nSPS) is 12.6. The van der Waals surface area contributed by atoms with Crippen molar-refractivity contribution in [2.45, 2.75) is 4.90 Å². The van der Waals surface area contributed by atoms with Gasteiger partial charge in [-0.05, 0) is 11.5 Å². The maximum Gasteiger partial charge on any atom is 0.489 e. The van der Waals surface area contributed by atoms with E-state index in [4.69, 9.17) is 10.0 Å². The average Bonchev–Trinajstić information content (AvgIpc) is 2.04. The summed E-state index contributed by atoms with van der Waals surface area (Å²) in [7, 11) is -2.73. The Morgan fingerprint density at radius 3 is 2.33 bits per heavy atom. The lowest BCUT2D eigenvalue weighted by molar-refractivity contribution is 0.425. The van der Waals surface area contributed by atoms with E-state index in [9.17, 15) is 4.21 Å². The Morgan fingerprint density at radius 2 is 1.92 bits per heavy atom. The van der Waals surface area contributed by atoms with Crippen LogP contribution in [0.25, 0.3) is 0 Å². The summed E-state index contributed by atoms with van der Waals surface area (Å²) in [5.41, 5.74) is 0.304. The van der Waals surface area contributed by atoms with Crippen molar-refractivity contribution in [3.05, 3.63) is 24.3 Å². The van der Waals surface area contributed by atoms with Crippen LogP contribution in [-0.2, 0) is 10.8 Å². The summed E-state index contributed by atoms with van der Waals surface area (Å²) in [4.78, 5) is 0.465. The van der Waals surface area contributed by atoms with E-state index < -0.39 is 17.9 Å². The highest BCUT2D eigenvalue weighted by Gasteiger charge is 2.16. The van der Waals surface area contributed by atoms with E-state index in [2.05, 4.69) is 0 Å². The summed E-state index contributed by atoms with van der Waals surface area (Å²) < 4.78 is 11.1. The molecule has 64 valence electrons. The standard InChI is InChI=1S/C7H9BO3S/c1-12(11)7-5-3-2-4-6(7)8(9)10/h2-5,9-10H,1H3/t12-/m1/s1. The van der Waals surface area contributed by atoms with Crippen molar-refractivity contribution in [1.29, 1.82) is 0 Å². The van der Waals surface area contributed by atoms with E-state index in [0.717, 1.165) is 0 Å². The highest BCUT2D eigenvalue weighted by Crippen LogP contribution is 2.00. The zero-order valence-electron chi connectivity index (χ0n) is 6.60. The van der Waals surface area contributed by atoms with Gasteiger partial charge in [-0.25, -0.2) is 0 Å². The molecular formula is C7H9BO3S. The van der Waals surface area contributed by atoms with Crippen LogP contribution in [0.5, 0.6) is 0 Å². The quantitative estimate of drug-likeness (QED) is 0.586. The van der Waals surface area contributed by atoms with Crippen molar-refractivity contribution in [1.82, 2.24) is 0 Å². The van der Waals surface area contributed by atoms with Gasteiger partial charge in [-0.3, -0.25) is 4.21 Å². The molecule has 1 atom stereocenters. The summed E-state index contributed by atoms with van der Waals surface area (Å²) in [6.07, 6.45) is 1.50. The van der Waals surface area contributed by atoms with Crippen LogP contribution in [0.3, 0.4) is 0 Å². The van der Waals surface area contributed by atoms with E-state index in [1.807, 2.05) is 0 Å². The van der Waals surface area contributed by atoms with Crippen LogP contribution in [0.2, 0.25) is 0 Å². The van der Waals surface area contributed by atoms with Crippen LogP contribution in [0, 0.1) is 0 Å². The van der Waals surface area contributed by atoms with Gasteiger partial charge in [0.15, 0.2) is 0 Å². The maximum atomic E-state index is 11.1. The zero-order valence-corrected chi connectivity index (χ0v) is 7.41. The third-order valence-corrected chi connectivity index (χ3v) is 2.50. The Bertz CT molecular complexity index is 300. The number of rotatable bonds is 2. The molecule has 0 radical (unpaired) electrons. The first kappa shape index (κ1) is 9.44. The molecule has 12 heavy (non-hydrogen) atoms. The Morgan fingerprint density at radius 1 is 1.33 bits per heavy atom. The van der Waals surface area contributed by atoms with Crippen molar-refractivity contribution in [2.75, 3.05) is 6.26 Å². The fourth-order valence-corrected chi connectivity index (χ4v) is 1.73. The van der Waals surface area contributed by atoms with Gasteiger partial charge in [0.2, 0.25) is 0 Å². The van der Waals surface area contributed by atoms with Crippen LogP contribution >= 0.6 is 0 Å². The van der Waals surface area contributed by atoms with E-state index in [1.165, 1.54) is 6.26 Å². The second-order valence-electron chi connectivity index (χ2n) is 2.37. The lowest BCUT2D eigenvalue weighted by Crippen LogP contribution is -2.32. The lowest BCUT2D eigenvalue weighted by atomic mass is 9.80. The monoisotopic (exact) mass is 184 g/mol. The summed E-state index contributed by atoms with van der Waals surface area (Å²) in [6.45, 7) is 0. The molecule has 1 rings (SSSR count). The van der Waals surface area contributed by atoms with Gasteiger partial charge in [0.1, 0.15) is 0 Å². The fourth-order valence-electron chi connectivity index (χ4n) is 0.956. The second kappa shape index (κ2) is 3.84. The van der Waals surface area contributed by atoms with Crippen LogP contribution < -0.4 is 5.46 Å². The van der Waals surface area contributed by atoms with Gasteiger partial charge in [0, 0.05) is 22.0 Å². The van der Waals surface area contributed by atoms with Gasteiger partial charge in [-0.1, -0.05) is 18.2 Å². The Kier molecular flexibility index (Phi) is 3.02. The average molecular weight is 184 g/mol. The first-order valence-electron chi connectivity index (χ1n) is 3.41. The molecule has 0 saturated carbocycles. The van der Waals surface area contributed by atoms with Crippen molar-refractivity contribution in [3.63, 3.8) is 0 Å². The maximum absolute atomic E-state index is 11.1. The summed E-state index contributed by atoms with van der Waals surface area (Å²) in [6, 6.07) is 6.54. The number of hydrogen-bond donors (Lipinski definition) is 2. The van der Waals surface area contributed by atoms with Crippen LogP contribution in [0.15, 0.2) is 29.2 Å². The molecule has 2 N–H and O–H groups in total. The van der Waals surface area contributed by atoms with Crippen LogP contribution in [-0.4, -0.2) is 27.6 Å². The molecule has 0 aliphatic carbocycles. The second-order valence-corrected chi connectivity index (χ2v) is 3.71. The van der Waals surface area contributed by atoms with E-state index in [-0.39, 0.29) is 0 Å². The Labute approximate surface area is 73.7 Å². The molecule has 0 fully saturated rings. The topological polar surface area (TPSA) is 57.5 Å². The molecule has 5 heteroatoms. The SMILES string of the molecule is C[S@@](=O)c1ccccc1B(O)O. The van der Waals surface area contributed by atoms with Crippen molar-refractivity contribution in [2.24, 2.45) is 0 Å². The van der Waals surface area contributed by atoms with Gasteiger partial charge in [-0.15, -0.1) is 0 Å². The largest absolute Gasteiger partial charge is 0.489 e. The third-order valence-electron chi connectivity index (χ3n) is 1.51. The molecule has 3 nitrogen and oxygen atoms in total.